The van der Waals surface area contributed by atoms with Crippen LogP contribution in [0, 0.1) is 0 Å². The van der Waals surface area contributed by atoms with Gasteiger partial charge in [-0.2, -0.15) is 4.31 Å². The third-order valence-corrected chi connectivity index (χ3v) is 5.94. The highest BCUT2D eigenvalue weighted by atomic mass is 35.5. The molecule has 0 amide bonds. The normalized spacial score (nSPS) is 16.0. The molecule has 2 rings (SSSR count). The first kappa shape index (κ1) is 14.8. The quantitative estimate of drug-likeness (QED) is 0.757. The monoisotopic (exact) mass is 301 g/mol. The van der Waals surface area contributed by atoms with Crippen LogP contribution in [-0.4, -0.2) is 25.3 Å². The molecule has 1 aromatic rings. The highest BCUT2D eigenvalue weighted by Crippen LogP contribution is 2.33. The van der Waals surface area contributed by atoms with Crippen LogP contribution in [0.15, 0.2) is 23.1 Å². The molecule has 0 aromatic heterocycles. The minimum absolute atomic E-state index is 0.194. The van der Waals surface area contributed by atoms with Crippen LogP contribution in [0.1, 0.15) is 37.8 Å². The van der Waals surface area contributed by atoms with Crippen molar-refractivity contribution in [1.82, 2.24) is 4.31 Å². The van der Waals surface area contributed by atoms with Crippen molar-refractivity contribution in [2.24, 2.45) is 0 Å². The van der Waals surface area contributed by atoms with Gasteiger partial charge in [0.05, 0.1) is 4.90 Å². The highest BCUT2D eigenvalue weighted by molar-refractivity contribution is 7.89. The molecule has 106 valence electrons. The molecule has 3 nitrogen and oxygen atoms in total. The van der Waals surface area contributed by atoms with Crippen molar-refractivity contribution >= 4 is 21.6 Å². The van der Waals surface area contributed by atoms with Crippen molar-refractivity contribution < 1.29 is 8.42 Å². The van der Waals surface area contributed by atoms with Crippen LogP contribution in [-0.2, 0) is 22.3 Å². The highest BCUT2D eigenvalue weighted by Gasteiger charge is 2.37. The molecule has 0 aliphatic heterocycles. The third kappa shape index (κ3) is 2.96. The SMILES string of the molecule is CCc1ccc(CCl)cc1S(=O)(=O)N(CC)C1CC1. The number of hydrogen-bond acceptors (Lipinski definition) is 2. The number of halogens is 1. The van der Waals surface area contributed by atoms with Crippen molar-refractivity contribution in [2.45, 2.75) is 49.9 Å². The molecule has 0 heterocycles. The Balaban J connectivity index is 2.48. The average molecular weight is 302 g/mol. The molecule has 19 heavy (non-hydrogen) atoms. The van der Waals surface area contributed by atoms with Crippen molar-refractivity contribution in [2.75, 3.05) is 6.54 Å². The lowest BCUT2D eigenvalue weighted by Gasteiger charge is -2.22. The van der Waals surface area contributed by atoms with E-state index in [0.29, 0.717) is 23.7 Å². The van der Waals surface area contributed by atoms with Crippen LogP contribution in [0.3, 0.4) is 0 Å². The molecule has 0 radical (unpaired) electrons. The van der Waals surface area contributed by atoms with E-state index < -0.39 is 10.0 Å². The summed E-state index contributed by atoms with van der Waals surface area (Å²) >= 11 is 5.82. The van der Waals surface area contributed by atoms with Crippen molar-refractivity contribution in [1.29, 1.82) is 0 Å². The number of hydrogen-bond donors (Lipinski definition) is 0. The summed E-state index contributed by atoms with van der Waals surface area (Å²) in [6, 6.07) is 5.70. The smallest absolute Gasteiger partial charge is 0.207 e. The summed E-state index contributed by atoms with van der Waals surface area (Å²) < 4.78 is 27.2. The van der Waals surface area contributed by atoms with E-state index in [2.05, 4.69) is 0 Å². The number of sulfonamides is 1. The Kier molecular flexibility index (Phi) is 4.54. The summed E-state index contributed by atoms with van der Waals surface area (Å²) in [4.78, 5) is 0.432. The molecule has 1 aliphatic carbocycles. The largest absolute Gasteiger partial charge is 0.243 e. The fourth-order valence-electron chi connectivity index (χ4n) is 2.33. The molecule has 0 atom stereocenters. The molecule has 1 aliphatic rings. The maximum Gasteiger partial charge on any atom is 0.243 e. The zero-order valence-corrected chi connectivity index (χ0v) is 13.0. The first-order chi connectivity index (χ1) is 9.04. The second-order valence-corrected chi connectivity index (χ2v) is 7.00. The maximum absolute atomic E-state index is 12.8. The first-order valence-electron chi connectivity index (χ1n) is 6.74. The van der Waals surface area contributed by atoms with Gasteiger partial charge in [0, 0.05) is 18.5 Å². The Morgan fingerprint density at radius 1 is 1.32 bits per heavy atom. The molecule has 0 unspecified atom stereocenters. The van der Waals surface area contributed by atoms with Gasteiger partial charge in [-0.15, -0.1) is 11.6 Å². The van der Waals surface area contributed by atoms with Gasteiger partial charge in [-0.3, -0.25) is 0 Å². The summed E-state index contributed by atoms with van der Waals surface area (Å²) in [5, 5.41) is 0. The van der Waals surface area contributed by atoms with Crippen LogP contribution in [0.25, 0.3) is 0 Å². The Morgan fingerprint density at radius 3 is 2.47 bits per heavy atom. The zero-order valence-electron chi connectivity index (χ0n) is 11.4. The number of nitrogens with zero attached hydrogens (tertiary/aromatic N) is 1. The molecule has 5 heteroatoms. The number of rotatable bonds is 6. The molecule has 0 bridgehead atoms. The van der Waals surface area contributed by atoms with E-state index in [9.17, 15) is 8.42 Å². The van der Waals surface area contributed by atoms with Gasteiger partial charge in [-0.25, -0.2) is 8.42 Å². The number of aryl methyl sites for hydroxylation is 1. The molecule has 0 saturated heterocycles. The molecule has 1 saturated carbocycles. The fraction of sp³-hybridized carbons (Fsp3) is 0.571. The molecule has 0 N–H and O–H groups in total. The average Bonchev–Trinajstić information content (AvgIpc) is 3.23. The minimum Gasteiger partial charge on any atom is -0.207 e. The summed E-state index contributed by atoms with van der Waals surface area (Å²) in [5.41, 5.74) is 1.72. The number of alkyl halides is 1. The predicted octanol–water partition coefficient (Wildman–Crippen LogP) is 3.16. The van der Waals surface area contributed by atoms with Gasteiger partial charge in [0.2, 0.25) is 10.0 Å². The molecular formula is C14H20ClNO2S. The lowest BCUT2D eigenvalue weighted by Crippen LogP contribution is -2.33. The summed E-state index contributed by atoms with van der Waals surface area (Å²) in [5.74, 6) is 0.335. The van der Waals surface area contributed by atoms with Gasteiger partial charge in [0.25, 0.3) is 0 Å². The Labute approximate surface area is 120 Å². The van der Waals surface area contributed by atoms with Crippen LogP contribution in [0.2, 0.25) is 0 Å². The van der Waals surface area contributed by atoms with E-state index in [4.69, 9.17) is 11.6 Å². The standard InChI is InChI=1S/C14H20ClNO2S/c1-3-12-6-5-11(10-15)9-14(12)19(17,18)16(4-2)13-7-8-13/h5-6,9,13H,3-4,7-8,10H2,1-2H3. The lowest BCUT2D eigenvalue weighted by molar-refractivity contribution is 0.420. The van der Waals surface area contributed by atoms with Crippen LogP contribution >= 0.6 is 11.6 Å². The van der Waals surface area contributed by atoms with Crippen molar-refractivity contribution in [3.05, 3.63) is 29.3 Å². The van der Waals surface area contributed by atoms with Crippen LogP contribution in [0.4, 0.5) is 0 Å². The van der Waals surface area contributed by atoms with E-state index in [1.54, 1.807) is 10.4 Å². The van der Waals surface area contributed by atoms with Gasteiger partial charge in [-0.1, -0.05) is 26.0 Å². The topological polar surface area (TPSA) is 37.4 Å². The Bertz CT molecular complexity index is 553. The Hall–Kier alpha value is -0.580. The van der Waals surface area contributed by atoms with Crippen LogP contribution < -0.4 is 0 Å². The van der Waals surface area contributed by atoms with Gasteiger partial charge < -0.3 is 0 Å². The summed E-state index contributed by atoms with van der Waals surface area (Å²) in [6.07, 6.45) is 2.66. The predicted molar refractivity (Wildman–Crippen MR) is 78.0 cm³/mol. The second kappa shape index (κ2) is 5.81. The van der Waals surface area contributed by atoms with Gasteiger partial charge >= 0.3 is 0 Å². The fourth-order valence-corrected chi connectivity index (χ4v) is 4.53. The van der Waals surface area contributed by atoms with Crippen molar-refractivity contribution in [3.8, 4) is 0 Å². The number of benzene rings is 1. The van der Waals surface area contributed by atoms with Gasteiger partial charge in [-0.05, 0) is 36.5 Å². The minimum atomic E-state index is -3.39. The second-order valence-electron chi connectivity index (χ2n) is 4.87. The van der Waals surface area contributed by atoms with E-state index in [1.807, 2.05) is 26.0 Å². The first-order valence-corrected chi connectivity index (χ1v) is 8.71. The summed E-state index contributed by atoms with van der Waals surface area (Å²) in [7, 11) is -3.39. The van der Waals surface area contributed by atoms with Gasteiger partial charge in [0.15, 0.2) is 0 Å². The molecular weight excluding hydrogens is 282 g/mol. The van der Waals surface area contributed by atoms with Gasteiger partial charge in [0.1, 0.15) is 0 Å². The van der Waals surface area contributed by atoms with E-state index in [0.717, 1.165) is 24.0 Å². The zero-order chi connectivity index (χ0) is 14.0. The van der Waals surface area contributed by atoms with E-state index in [1.165, 1.54) is 0 Å². The molecule has 1 aromatic carbocycles. The van der Waals surface area contributed by atoms with E-state index in [-0.39, 0.29) is 6.04 Å². The molecule has 1 fully saturated rings. The lowest BCUT2D eigenvalue weighted by atomic mass is 10.1. The molecule has 0 spiro atoms. The summed E-state index contributed by atoms with van der Waals surface area (Å²) in [6.45, 7) is 4.40. The third-order valence-electron chi connectivity index (χ3n) is 3.52. The van der Waals surface area contributed by atoms with E-state index >= 15 is 0 Å². The van der Waals surface area contributed by atoms with Crippen LogP contribution in [0.5, 0.6) is 0 Å². The van der Waals surface area contributed by atoms with Crippen molar-refractivity contribution in [3.63, 3.8) is 0 Å². The Morgan fingerprint density at radius 2 is 2.00 bits per heavy atom. The maximum atomic E-state index is 12.8.